The Morgan fingerprint density at radius 3 is 2.65 bits per heavy atom. The lowest BCUT2D eigenvalue weighted by Crippen LogP contribution is -2.15. The standard InChI is InChI=1S/C17H14F2N4O2S/c18-16(19)25-13-9-5-4-8-12(13)20-14(24)10-26-17-21-15(22-23-17)11-6-2-1-3-7-11/h1-9,16H,10H2,(H,20,24)(H,21,22,23). The average Bonchev–Trinajstić information content (AvgIpc) is 3.11. The minimum absolute atomic E-state index is 0.0229. The molecule has 0 saturated heterocycles. The molecule has 0 saturated carbocycles. The molecule has 3 aromatic rings. The molecule has 6 nitrogen and oxygen atoms in total. The van der Waals surface area contributed by atoms with E-state index in [9.17, 15) is 13.6 Å². The lowest BCUT2D eigenvalue weighted by Gasteiger charge is -2.11. The first-order chi connectivity index (χ1) is 12.6. The minimum atomic E-state index is -2.97. The second kappa shape index (κ2) is 8.43. The zero-order valence-corrected chi connectivity index (χ0v) is 14.2. The topological polar surface area (TPSA) is 79.9 Å². The molecule has 0 fully saturated rings. The number of H-pyrrole nitrogens is 1. The molecule has 1 heterocycles. The first-order valence-electron chi connectivity index (χ1n) is 7.56. The number of amides is 1. The number of nitrogens with zero attached hydrogens (tertiary/aromatic N) is 2. The van der Waals surface area contributed by atoms with Gasteiger partial charge in [0, 0.05) is 5.56 Å². The van der Waals surface area contributed by atoms with Gasteiger partial charge in [-0.15, -0.1) is 5.10 Å². The maximum Gasteiger partial charge on any atom is 0.387 e. The van der Waals surface area contributed by atoms with E-state index in [2.05, 4.69) is 25.2 Å². The zero-order valence-electron chi connectivity index (χ0n) is 13.4. The van der Waals surface area contributed by atoms with Crippen LogP contribution in [0.1, 0.15) is 0 Å². The van der Waals surface area contributed by atoms with Crippen molar-refractivity contribution in [2.45, 2.75) is 11.8 Å². The second-order valence-electron chi connectivity index (χ2n) is 5.04. The number of rotatable bonds is 7. The van der Waals surface area contributed by atoms with Crippen LogP contribution in [-0.4, -0.2) is 33.5 Å². The third kappa shape index (κ3) is 4.79. The van der Waals surface area contributed by atoms with E-state index in [-0.39, 0.29) is 23.1 Å². The van der Waals surface area contributed by atoms with Crippen molar-refractivity contribution in [3.63, 3.8) is 0 Å². The van der Waals surface area contributed by atoms with Crippen LogP contribution in [0, 0.1) is 0 Å². The summed E-state index contributed by atoms with van der Waals surface area (Å²) >= 11 is 1.13. The van der Waals surface area contributed by atoms with Gasteiger partial charge in [-0.25, -0.2) is 4.98 Å². The summed E-state index contributed by atoms with van der Waals surface area (Å²) in [5.74, 6) is 0.149. The van der Waals surface area contributed by atoms with Gasteiger partial charge >= 0.3 is 6.61 Å². The monoisotopic (exact) mass is 376 g/mol. The zero-order chi connectivity index (χ0) is 18.4. The Bertz CT molecular complexity index is 874. The molecule has 0 aliphatic carbocycles. The summed E-state index contributed by atoms with van der Waals surface area (Å²) in [5.41, 5.74) is 1.06. The molecule has 26 heavy (non-hydrogen) atoms. The first-order valence-corrected chi connectivity index (χ1v) is 8.54. The third-order valence-electron chi connectivity index (χ3n) is 3.22. The number of para-hydroxylation sites is 2. The smallest absolute Gasteiger partial charge is 0.387 e. The van der Waals surface area contributed by atoms with E-state index < -0.39 is 6.61 Å². The van der Waals surface area contributed by atoms with Gasteiger partial charge in [-0.2, -0.15) is 8.78 Å². The number of aromatic amines is 1. The molecule has 9 heteroatoms. The van der Waals surface area contributed by atoms with Crippen molar-refractivity contribution in [1.82, 2.24) is 15.2 Å². The van der Waals surface area contributed by atoms with Crippen LogP contribution in [0.25, 0.3) is 11.4 Å². The fraction of sp³-hybridized carbons (Fsp3) is 0.118. The van der Waals surface area contributed by atoms with Gasteiger partial charge in [0.1, 0.15) is 5.75 Å². The minimum Gasteiger partial charge on any atom is -0.433 e. The molecule has 0 aliphatic rings. The lowest BCUT2D eigenvalue weighted by molar-refractivity contribution is -0.113. The number of alkyl halides is 2. The summed E-state index contributed by atoms with van der Waals surface area (Å²) in [6.07, 6.45) is 0. The molecule has 0 aliphatic heterocycles. The molecular weight excluding hydrogens is 362 g/mol. The summed E-state index contributed by atoms with van der Waals surface area (Å²) in [7, 11) is 0. The summed E-state index contributed by atoms with van der Waals surface area (Å²) < 4.78 is 29.2. The Balaban J connectivity index is 1.58. The average molecular weight is 376 g/mol. The largest absolute Gasteiger partial charge is 0.433 e. The van der Waals surface area contributed by atoms with Crippen LogP contribution in [0.4, 0.5) is 14.5 Å². The summed E-state index contributed by atoms with van der Waals surface area (Å²) in [6.45, 7) is -2.97. The second-order valence-corrected chi connectivity index (χ2v) is 5.99. The highest BCUT2D eigenvalue weighted by Gasteiger charge is 2.13. The van der Waals surface area contributed by atoms with Crippen LogP contribution < -0.4 is 10.1 Å². The SMILES string of the molecule is O=C(CSc1n[nH]c(-c2ccccc2)n1)Nc1ccccc1OC(F)F. The molecule has 1 amide bonds. The number of halogens is 2. The molecule has 0 unspecified atom stereocenters. The fourth-order valence-corrected chi connectivity index (χ4v) is 2.72. The van der Waals surface area contributed by atoms with Crippen molar-refractivity contribution < 1.29 is 18.3 Å². The number of aromatic nitrogens is 3. The van der Waals surface area contributed by atoms with Gasteiger partial charge in [-0.3, -0.25) is 9.89 Å². The highest BCUT2D eigenvalue weighted by Crippen LogP contribution is 2.26. The van der Waals surface area contributed by atoms with Crippen molar-refractivity contribution in [1.29, 1.82) is 0 Å². The maximum atomic E-state index is 12.4. The van der Waals surface area contributed by atoms with Gasteiger partial charge in [0.05, 0.1) is 11.4 Å². The maximum absolute atomic E-state index is 12.4. The molecule has 3 rings (SSSR count). The predicted molar refractivity (Wildman–Crippen MR) is 94.2 cm³/mol. The van der Waals surface area contributed by atoms with Crippen molar-refractivity contribution in [3.05, 3.63) is 54.6 Å². The lowest BCUT2D eigenvalue weighted by atomic mass is 10.2. The molecule has 0 atom stereocenters. The molecule has 2 N–H and O–H groups in total. The number of benzene rings is 2. The number of nitrogens with one attached hydrogen (secondary N) is 2. The Labute approximate surface area is 152 Å². The fourth-order valence-electron chi connectivity index (χ4n) is 2.12. The molecular formula is C17H14F2N4O2S. The van der Waals surface area contributed by atoms with E-state index in [1.165, 1.54) is 12.1 Å². The number of carbonyl (C=O) groups excluding carboxylic acids is 1. The van der Waals surface area contributed by atoms with E-state index in [0.29, 0.717) is 11.0 Å². The number of ether oxygens (including phenoxy) is 1. The van der Waals surface area contributed by atoms with Crippen LogP contribution >= 0.6 is 11.8 Å². The summed E-state index contributed by atoms with van der Waals surface area (Å²) in [4.78, 5) is 16.4. The molecule has 134 valence electrons. The van der Waals surface area contributed by atoms with Crippen LogP contribution in [0.3, 0.4) is 0 Å². The number of hydrogen-bond acceptors (Lipinski definition) is 5. The van der Waals surface area contributed by atoms with Crippen LogP contribution in [0.15, 0.2) is 59.8 Å². The van der Waals surface area contributed by atoms with E-state index in [0.717, 1.165) is 17.3 Å². The molecule has 0 radical (unpaired) electrons. The summed E-state index contributed by atoms with van der Waals surface area (Å²) in [6, 6.07) is 15.5. The Morgan fingerprint density at radius 1 is 1.15 bits per heavy atom. The Hall–Kier alpha value is -2.94. The van der Waals surface area contributed by atoms with Crippen molar-refractivity contribution in [2.75, 3.05) is 11.1 Å². The van der Waals surface area contributed by atoms with Crippen molar-refractivity contribution in [3.8, 4) is 17.1 Å². The highest BCUT2D eigenvalue weighted by molar-refractivity contribution is 7.99. The van der Waals surface area contributed by atoms with Gasteiger partial charge in [0.15, 0.2) is 5.82 Å². The summed E-state index contributed by atoms with van der Waals surface area (Å²) in [5, 5.41) is 9.81. The molecule has 0 spiro atoms. The highest BCUT2D eigenvalue weighted by atomic mass is 32.2. The van der Waals surface area contributed by atoms with Crippen LogP contribution in [0.2, 0.25) is 0 Å². The van der Waals surface area contributed by atoms with Crippen molar-refractivity contribution >= 4 is 23.4 Å². The van der Waals surface area contributed by atoms with Crippen LogP contribution in [-0.2, 0) is 4.79 Å². The number of thioether (sulfide) groups is 1. The number of hydrogen-bond donors (Lipinski definition) is 2. The quantitative estimate of drug-likeness (QED) is 0.613. The first kappa shape index (κ1) is 17.9. The van der Waals surface area contributed by atoms with Gasteiger partial charge in [0.25, 0.3) is 0 Å². The van der Waals surface area contributed by atoms with E-state index in [4.69, 9.17) is 0 Å². The van der Waals surface area contributed by atoms with Gasteiger partial charge in [-0.05, 0) is 12.1 Å². The molecule has 2 aromatic carbocycles. The van der Waals surface area contributed by atoms with Gasteiger partial charge < -0.3 is 10.1 Å². The van der Waals surface area contributed by atoms with Gasteiger partial charge in [0.2, 0.25) is 11.1 Å². The molecule has 0 bridgehead atoms. The normalized spacial score (nSPS) is 10.7. The van der Waals surface area contributed by atoms with E-state index in [1.54, 1.807) is 12.1 Å². The third-order valence-corrected chi connectivity index (χ3v) is 4.07. The van der Waals surface area contributed by atoms with E-state index >= 15 is 0 Å². The molecule has 1 aromatic heterocycles. The Kier molecular flexibility index (Phi) is 5.80. The Morgan fingerprint density at radius 2 is 1.88 bits per heavy atom. The van der Waals surface area contributed by atoms with Gasteiger partial charge in [-0.1, -0.05) is 54.2 Å². The predicted octanol–water partition coefficient (Wildman–Crippen LogP) is 3.80. The van der Waals surface area contributed by atoms with Crippen molar-refractivity contribution in [2.24, 2.45) is 0 Å². The van der Waals surface area contributed by atoms with E-state index in [1.807, 2.05) is 30.3 Å². The number of carbonyl (C=O) groups is 1. The number of anilines is 1. The van der Waals surface area contributed by atoms with Crippen LogP contribution in [0.5, 0.6) is 5.75 Å².